The minimum atomic E-state index is -0.971. The Balaban J connectivity index is 0.00000353. The van der Waals surface area contributed by atoms with E-state index in [2.05, 4.69) is 38.9 Å². The molecular weight excluding hydrogens is 562 g/mol. The molecule has 0 saturated carbocycles. The average Bonchev–Trinajstić information content (AvgIpc) is 3.34. The summed E-state index contributed by atoms with van der Waals surface area (Å²) in [7, 11) is 2.12. The highest BCUT2D eigenvalue weighted by Crippen LogP contribution is 2.36. The molecule has 0 bridgehead atoms. The van der Waals surface area contributed by atoms with Gasteiger partial charge in [-0.2, -0.15) is 5.26 Å². The third-order valence-electron chi connectivity index (χ3n) is 8.08. The van der Waals surface area contributed by atoms with Crippen LogP contribution in [0.3, 0.4) is 0 Å². The van der Waals surface area contributed by atoms with Gasteiger partial charge in [0.25, 0.3) is 0 Å². The van der Waals surface area contributed by atoms with Crippen LogP contribution in [0.25, 0.3) is 0 Å². The number of amides is 3. The van der Waals surface area contributed by atoms with Crippen LogP contribution < -0.4 is 16.0 Å². The molecule has 4 rings (SSSR count). The van der Waals surface area contributed by atoms with Crippen molar-refractivity contribution in [2.24, 2.45) is 5.92 Å². The van der Waals surface area contributed by atoms with Gasteiger partial charge in [0.05, 0.1) is 6.07 Å². The molecule has 0 radical (unpaired) electrons. The molecule has 10 nitrogen and oxygen atoms in total. The molecule has 2 aromatic carbocycles. The number of piperazine rings is 1. The Hall–Kier alpha value is -3.59. The van der Waals surface area contributed by atoms with Gasteiger partial charge in [0.2, 0.25) is 17.7 Å². The van der Waals surface area contributed by atoms with Crippen LogP contribution in [0.15, 0.2) is 54.6 Å². The lowest BCUT2D eigenvalue weighted by atomic mass is 10.0. The van der Waals surface area contributed by atoms with E-state index in [0.29, 0.717) is 26.1 Å². The van der Waals surface area contributed by atoms with Crippen molar-refractivity contribution in [3.05, 3.63) is 60.2 Å². The Morgan fingerprint density at radius 2 is 1.74 bits per heavy atom. The van der Waals surface area contributed by atoms with E-state index in [1.807, 2.05) is 68.4 Å². The van der Waals surface area contributed by atoms with Gasteiger partial charge in [-0.05, 0) is 49.7 Å². The van der Waals surface area contributed by atoms with Gasteiger partial charge in [0.1, 0.15) is 10.6 Å². The number of likely N-dealkylation sites (N-methyl/N-ethyl adjacent to an activating group) is 1. The fourth-order valence-electron chi connectivity index (χ4n) is 5.29. The van der Waals surface area contributed by atoms with Crippen molar-refractivity contribution < 1.29 is 18.7 Å². The summed E-state index contributed by atoms with van der Waals surface area (Å²) in [4.78, 5) is 44.9. The van der Waals surface area contributed by atoms with Gasteiger partial charge in [-0.15, -0.1) is 11.8 Å². The summed E-state index contributed by atoms with van der Waals surface area (Å²) in [5, 5.41) is 18.1. The first kappa shape index (κ1) is 32.3. The standard InChI is InChI=1S/C32H43N7O3S.3H2/c1-4-39-31(42)28(43-32(39)27(20-33)30(41)35-21-23(2)24-8-6-5-7-9-24)22-34-25-10-12-26(13-11-25)36-29(40)14-15-38-18-16-37(3)17-19-38;;;/h5-13,23,27-28,32,34H,4,14-19,21-22H2,1-3H3,(H,35,41)(H,36,40);3*1H/t23?,27?,28?,32-;;;/m0.../s1. The van der Waals surface area contributed by atoms with Crippen LogP contribution in [-0.4, -0.2) is 102 Å². The minimum absolute atomic E-state index is 0. The molecule has 2 aliphatic heterocycles. The van der Waals surface area contributed by atoms with Gasteiger partial charge >= 0.3 is 0 Å². The van der Waals surface area contributed by atoms with Gasteiger partial charge in [0.15, 0.2) is 5.92 Å². The topological polar surface area (TPSA) is 121 Å². The molecule has 2 heterocycles. The highest BCUT2D eigenvalue weighted by molar-refractivity contribution is 8.01. The normalized spacial score (nSPS) is 20.7. The van der Waals surface area contributed by atoms with Crippen molar-refractivity contribution in [3.63, 3.8) is 0 Å². The van der Waals surface area contributed by atoms with E-state index in [9.17, 15) is 19.6 Å². The van der Waals surface area contributed by atoms with Crippen molar-refractivity contribution in [2.45, 2.75) is 36.8 Å². The van der Waals surface area contributed by atoms with Crippen molar-refractivity contribution in [1.82, 2.24) is 20.0 Å². The maximum Gasteiger partial charge on any atom is 0.240 e. The first-order valence-corrected chi connectivity index (χ1v) is 16.0. The molecule has 11 heteroatoms. The summed E-state index contributed by atoms with van der Waals surface area (Å²) in [6.45, 7) is 9.87. The number of anilines is 2. The van der Waals surface area contributed by atoms with Crippen LogP contribution in [0.1, 0.15) is 36.0 Å². The zero-order valence-electron chi connectivity index (χ0n) is 25.3. The van der Waals surface area contributed by atoms with Crippen molar-refractivity contribution in [2.75, 3.05) is 70.0 Å². The van der Waals surface area contributed by atoms with Gasteiger partial charge in [-0.3, -0.25) is 14.4 Å². The molecule has 0 aromatic heterocycles. The van der Waals surface area contributed by atoms with E-state index in [1.54, 1.807) is 4.90 Å². The molecule has 236 valence electrons. The lowest BCUT2D eigenvalue weighted by Crippen LogP contribution is -2.45. The van der Waals surface area contributed by atoms with Crippen LogP contribution in [0.2, 0.25) is 0 Å². The number of carbonyl (C=O) groups is 3. The molecule has 2 aromatic rings. The molecule has 3 N–H and O–H groups in total. The molecule has 2 fully saturated rings. The zero-order chi connectivity index (χ0) is 30.8. The molecule has 2 saturated heterocycles. The van der Waals surface area contributed by atoms with Crippen LogP contribution in [0.4, 0.5) is 11.4 Å². The maximum absolute atomic E-state index is 13.2. The predicted octanol–water partition coefficient (Wildman–Crippen LogP) is 3.76. The van der Waals surface area contributed by atoms with E-state index in [-0.39, 0.29) is 27.9 Å². The fraction of sp³-hybridized carbons (Fsp3) is 0.500. The van der Waals surface area contributed by atoms with Crippen molar-refractivity contribution >= 4 is 40.9 Å². The average molecular weight is 612 g/mol. The number of thioether (sulfide) groups is 1. The van der Waals surface area contributed by atoms with E-state index >= 15 is 0 Å². The molecule has 3 unspecified atom stereocenters. The van der Waals surface area contributed by atoms with Crippen molar-refractivity contribution in [3.8, 4) is 6.07 Å². The highest BCUT2D eigenvalue weighted by atomic mass is 32.2. The summed E-state index contributed by atoms with van der Waals surface area (Å²) in [5.41, 5.74) is 2.65. The van der Waals surface area contributed by atoms with Crippen LogP contribution >= 0.6 is 11.8 Å². The van der Waals surface area contributed by atoms with Gasteiger partial charge in [0, 0.05) is 74.4 Å². The zero-order valence-corrected chi connectivity index (χ0v) is 26.1. The van der Waals surface area contributed by atoms with Gasteiger partial charge < -0.3 is 30.7 Å². The summed E-state index contributed by atoms with van der Waals surface area (Å²) in [6.07, 6.45) is 0.452. The molecule has 4 atom stereocenters. The van der Waals surface area contributed by atoms with E-state index in [1.165, 1.54) is 11.8 Å². The largest absolute Gasteiger partial charge is 0.383 e. The summed E-state index contributed by atoms with van der Waals surface area (Å²) in [5.74, 6) is -1.32. The lowest BCUT2D eigenvalue weighted by Gasteiger charge is -2.32. The second-order valence-corrected chi connectivity index (χ2v) is 12.5. The van der Waals surface area contributed by atoms with Crippen LogP contribution in [-0.2, 0) is 14.4 Å². The molecule has 3 amide bonds. The van der Waals surface area contributed by atoms with Gasteiger partial charge in [-0.1, -0.05) is 37.3 Å². The quantitative estimate of drug-likeness (QED) is 0.313. The number of carbonyl (C=O) groups excluding carboxylic acids is 3. The third-order valence-corrected chi connectivity index (χ3v) is 9.58. The number of nitriles is 1. The van der Waals surface area contributed by atoms with E-state index in [0.717, 1.165) is 49.7 Å². The Bertz CT molecular complexity index is 1280. The molecule has 43 heavy (non-hydrogen) atoms. The Morgan fingerprint density at radius 3 is 2.40 bits per heavy atom. The smallest absolute Gasteiger partial charge is 0.240 e. The number of hydrogen-bond donors (Lipinski definition) is 3. The van der Waals surface area contributed by atoms with Gasteiger partial charge in [-0.25, -0.2) is 0 Å². The second kappa shape index (κ2) is 15.8. The summed E-state index contributed by atoms with van der Waals surface area (Å²) in [6, 6.07) is 19.5. The molecule has 2 aliphatic rings. The SMILES string of the molecule is CCN1C(=O)C(CNc2ccc(NC(=O)CCN3CCN(C)CC3)cc2)S[C@H]1C(C#N)C(=O)NCC(C)c1ccccc1.[HH].[HH].[HH]. The first-order valence-electron chi connectivity index (χ1n) is 15.0. The maximum atomic E-state index is 13.2. The van der Waals surface area contributed by atoms with Crippen molar-refractivity contribution in [1.29, 1.82) is 5.26 Å². The highest BCUT2D eigenvalue weighted by Gasteiger charge is 2.45. The lowest BCUT2D eigenvalue weighted by molar-refractivity contribution is -0.131. The third kappa shape index (κ3) is 8.95. The minimum Gasteiger partial charge on any atom is -0.383 e. The van der Waals surface area contributed by atoms with E-state index < -0.39 is 16.5 Å². The second-order valence-electron chi connectivity index (χ2n) is 11.2. The Labute approximate surface area is 263 Å². The van der Waals surface area contributed by atoms with Crippen LogP contribution in [0.5, 0.6) is 0 Å². The summed E-state index contributed by atoms with van der Waals surface area (Å²) < 4.78 is 0. The Kier molecular flexibility index (Phi) is 11.8. The number of benzene rings is 2. The van der Waals surface area contributed by atoms with E-state index in [4.69, 9.17) is 0 Å². The number of hydrogen-bond acceptors (Lipinski definition) is 8. The number of rotatable bonds is 13. The number of nitrogens with one attached hydrogen (secondary N) is 3. The molecule has 0 aliphatic carbocycles. The van der Waals surface area contributed by atoms with Crippen LogP contribution in [0, 0.1) is 17.2 Å². The number of nitrogens with zero attached hydrogens (tertiary/aromatic N) is 4. The Morgan fingerprint density at radius 1 is 1.07 bits per heavy atom. The molecular formula is C32H49N7O3S. The first-order chi connectivity index (χ1) is 20.8. The molecule has 0 spiro atoms. The fourth-order valence-corrected chi connectivity index (χ4v) is 6.80. The monoisotopic (exact) mass is 611 g/mol. The predicted molar refractivity (Wildman–Crippen MR) is 178 cm³/mol. The summed E-state index contributed by atoms with van der Waals surface area (Å²) >= 11 is 1.36.